The van der Waals surface area contributed by atoms with E-state index in [0.717, 1.165) is 6.42 Å². The van der Waals surface area contributed by atoms with Crippen LogP contribution in [-0.4, -0.2) is 29.9 Å². The van der Waals surface area contributed by atoms with Crippen LogP contribution in [0.15, 0.2) is 18.2 Å². The summed E-state index contributed by atoms with van der Waals surface area (Å²) in [5.41, 5.74) is 6.15. The van der Waals surface area contributed by atoms with E-state index in [-0.39, 0.29) is 18.5 Å². The molecule has 2 N–H and O–H groups in total. The topological polar surface area (TPSA) is 46.3 Å². The van der Waals surface area contributed by atoms with Crippen LogP contribution in [0.3, 0.4) is 0 Å². The normalized spacial score (nSPS) is 11.4. The molecule has 0 spiro atoms. The molecule has 3 nitrogen and oxygen atoms in total. The molecule has 0 bridgehead atoms. The van der Waals surface area contributed by atoms with Gasteiger partial charge in [-0.1, -0.05) is 18.8 Å². The molecule has 0 heterocycles. The van der Waals surface area contributed by atoms with Crippen LogP contribution >= 0.6 is 0 Å². The number of nitrogens with two attached hydrogens (primary N) is 1. The Labute approximate surface area is 120 Å². The SMILES string of the molecule is CCC(C)N(CC)C(=O)c1ccc(F)cc1C#CCN. The summed E-state index contributed by atoms with van der Waals surface area (Å²) in [6, 6.07) is 4.18. The molecule has 0 aliphatic heterocycles. The first-order valence-corrected chi connectivity index (χ1v) is 6.84. The lowest BCUT2D eigenvalue weighted by Gasteiger charge is -2.27. The van der Waals surface area contributed by atoms with Crippen molar-refractivity contribution < 1.29 is 9.18 Å². The molecule has 1 aromatic carbocycles. The van der Waals surface area contributed by atoms with E-state index in [9.17, 15) is 9.18 Å². The first-order valence-electron chi connectivity index (χ1n) is 6.84. The molecule has 0 aliphatic carbocycles. The molecule has 108 valence electrons. The summed E-state index contributed by atoms with van der Waals surface area (Å²) in [4.78, 5) is 14.3. The fraction of sp³-hybridized carbons (Fsp3) is 0.438. The maximum absolute atomic E-state index is 13.3. The first-order chi connectivity index (χ1) is 9.54. The van der Waals surface area contributed by atoms with Crippen LogP contribution < -0.4 is 5.73 Å². The Morgan fingerprint density at radius 3 is 2.70 bits per heavy atom. The number of hydrogen-bond acceptors (Lipinski definition) is 2. The van der Waals surface area contributed by atoms with Crippen molar-refractivity contribution >= 4 is 5.91 Å². The number of carbonyl (C=O) groups excluding carboxylic acids is 1. The van der Waals surface area contributed by atoms with E-state index in [1.165, 1.54) is 18.2 Å². The minimum atomic E-state index is -0.408. The van der Waals surface area contributed by atoms with Crippen molar-refractivity contribution in [3.05, 3.63) is 35.1 Å². The highest BCUT2D eigenvalue weighted by atomic mass is 19.1. The van der Waals surface area contributed by atoms with Gasteiger partial charge in [0.1, 0.15) is 5.82 Å². The third kappa shape index (κ3) is 3.82. The zero-order valence-electron chi connectivity index (χ0n) is 12.2. The van der Waals surface area contributed by atoms with Crippen molar-refractivity contribution in [1.82, 2.24) is 4.90 Å². The highest BCUT2D eigenvalue weighted by Crippen LogP contribution is 2.16. The monoisotopic (exact) mass is 276 g/mol. The molecule has 0 aliphatic rings. The third-order valence-corrected chi connectivity index (χ3v) is 3.26. The molecule has 0 saturated carbocycles. The summed E-state index contributed by atoms with van der Waals surface area (Å²) in [6.07, 6.45) is 0.866. The number of nitrogens with zero attached hydrogens (tertiary/aromatic N) is 1. The zero-order valence-corrected chi connectivity index (χ0v) is 12.2. The smallest absolute Gasteiger partial charge is 0.255 e. The van der Waals surface area contributed by atoms with Crippen molar-refractivity contribution in [2.75, 3.05) is 13.1 Å². The quantitative estimate of drug-likeness (QED) is 0.858. The number of hydrogen-bond donors (Lipinski definition) is 1. The Balaban J connectivity index is 3.20. The van der Waals surface area contributed by atoms with E-state index in [4.69, 9.17) is 5.73 Å². The predicted octanol–water partition coefficient (Wildman–Crippen LogP) is 2.40. The van der Waals surface area contributed by atoms with Crippen LogP contribution in [0.5, 0.6) is 0 Å². The second-order valence-electron chi connectivity index (χ2n) is 4.54. The van der Waals surface area contributed by atoms with E-state index in [1.807, 2.05) is 20.8 Å². The molecule has 4 heteroatoms. The molecule has 1 rings (SSSR count). The van der Waals surface area contributed by atoms with Crippen LogP contribution in [0.4, 0.5) is 4.39 Å². The summed E-state index contributed by atoms with van der Waals surface area (Å²) in [5.74, 6) is 4.91. The van der Waals surface area contributed by atoms with Gasteiger partial charge in [0.2, 0.25) is 0 Å². The van der Waals surface area contributed by atoms with Gasteiger partial charge in [0.15, 0.2) is 0 Å². The lowest BCUT2D eigenvalue weighted by Crippen LogP contribution is -2.38. The molecule has 0 fully saturated rings. The van der Waals surface area contributed by atoms with E-state index in [0.29, 0.717) is 17.7 Å². The molecular weight excluding hydrogens is 255 g/mol. The average Bonchev–Trinajstić information content (AvgIpc) is 2.45. The molecule has 1 unspecified atom stereocenters. The number of benzene rings is 1. The lowest BCUT2D eigenvalue weighted by atomic mass is 10.0. The summed E-state index contributed by atoms with van der Waals surface area (Å²) in [5, 5.41) is 0. The summed E-state index contributed by atoms with van der Waals surface area (Å²) in [6.45, 7) is 6.73. The third-order valence-electron chi connectivity index (χ3n) is 3.26. The summed E-state index contributed by atoms with van der Waals surface area (Å²) < 4.78 is 13.3. The van der Waals surface area contributed by atoms with Crippen LogP contribution in [-0.2, 0) is 0 Å². The van der Waals surface area contributed by atoms with Gasteiger partial charge in [-0.05, 0) is 38.5 Å². The second kappa shape index (κ2) is 7.66. The summed E-state index contributed by atoms with van der Waals surface area (Å²) >= 11 is 0. The highest BCUT2D eigenvalue weighted by molar-refractivity contribution is 5.97. The van der Waals surface area contributed by atoms with Crippen molar-refractivity contribution in [2.24, 2.45) is 5.73 Å². The maximum atomic E-state index is 13.3. The molecule has 1 amide bonds. The van der Waals surface area contributed by atoms with Crippen LogP contribution in [0.1, 0.15) is 43.1 Å². The van der Waals surface area contributed by atoms with Gasteiger partial charge < -0.3 is 10.6 Å². The van der Waals surface area contributed by atoms with Crippen molar-refractivity contribution in [1.29, 1.82) is 0 Å². The van der Waals surface area contributed by atoms with Crippen LogP contribution in [0, 0.1) is 17.7 Å². The predicted molar refractivity (Wildman–Crippen MR) is 78.8 cm³/mol. The van der Waals surface area contributed by atoms with Gasteiger partial charge >= 0.3 is 0 Å². The fourth-order valence-electron chi connectivity index (χ4n) is 1.98. The van der Waals surface area contributed by atoms with Gasteiger partial charge in [0.05, 0.1) is 12.1 Å². The molecular formula is C16H21FN2O. The van der Waals surface area contributed by atoms with E-state index in [2.05, 4.69) is 11.8 Å². The standard InChI is InChI=1S/C16H21FN2O/c1-4-12(3)19(5-2)16(20)15-9-8-14(17)11-13(15)7-6-10-18/h8-9,11-12H,4-5,10,18H2,1-3H3. The number of carbonyl (C=O) groups is 1. The fourth-order valence-corrected chi connectivity index (χ4v) is 1.98. The molecule has 0 saturated heterocycles. The lowest BCUT2D eigenvalue weighted by molar-refractivity contribution is 0.0699. The van der Waals surface area contributed by atoms with Crippen LogP contribution in [0.25, 0.3) is 0 Å². The maximum Gasteiger partial charge on any atom is 0.255 e. The van der Waals surface area contributed by atoms with Crippen LogP contribution in [0.2, 0.25) is 0 Å². The largest absolute Gasteiger partial charge is 0.336 e. The first kappa shape index (κ1) is 16.2. The Bertz CT molecular complexity index is 531. The highest BCUT2D eigenvalue weighted by Gasteiger charge is 2.21. The number of amides is 1. The molecule has 1 atom stereocenters. The Morgan fingerprint density at radius 2 is 2.15 bits per heavy atom. The number of halogens is 1. The van der Waals surface area contributed by atoms with Crippen molar-refractivity contribution in [3.8, 4) is 11.8 Å². The van der Waals surface area contributed by atoms with Gasteiger partial charge in [-0.2, -0.15) is 0 Å². The Hall–Kier alpha value is -1.86. The molecule has 0 aromatic heterocycles. The van der Waals surface area contributed by atoms with Crippen molar-refractivity contribution in [2.45, 2.75) is 33.2 Å². The number of rotatable bonds is 4. The van der Waals surface area contributed by atoms with Gasteiger partial charge in [0, 0.05) is 18.2 Å². The minimum Gasteiger partial charge on any atom is -0.336 e. The van der Waals surface area contributed by atoms with E-state index < -0.39 is 5.82 Å². The second-order valence-corrected chi connectivity index (χ2v) is 4.54. The molecule has 20 heavy (non-hydrogen) atoms. The Kier molecular flexibility index (Phi) is 6.20. The molecule has 0 radical (unpaired) electrons. The van der Waals surface area contributed by atoms with Gasteiger partial charge in [-0.15, -0.1) is 0 Å². The summed E-state index contributed by atoms with van der Waals surface area (Å²) in [7, 11) is 0. The van der Waals surface area contributed by atoms with Gasteiger partial charge in [0.25, 0.3) is 5.91 Å². The molecule has 1 aromatic rings. The van der Waals surface area contributed by atoms with Crippen molar-refractivity contribution in [3.63, 3.8) is 0 Å². The van der Waals surface area contributed by atoms with Gasteiger partial charge in [-0.25, -0.2) is 4.39 Å². The zero-order chi connectivity index (χ0) is 15.1. The van der Waals surface area contributed by atoms with E-state index >= 15 is 0 Å². The minimum absolute atomic E-state index is 0.122. The van der Waals surface area contributed by atoms with E-state index in [1.54, 1.807) is 4.90 Å². The Morgan fingerprint density at radius 1 is 1.45 bits per heavy atom. The average molecular weight is 276 g/mol. The van der Waals surface area contributed by atoms with Gasteiger partial charge in [-0.3, -0.25) is 4.79 Å².